The second kappa shape index (κ2) is 6.23. The Morgan fingerprint density at radius 2 is 2.05 bits per heavy atom. The number of aromatic nitrogens is 1. The predicted octanol–water partition coefficient (Wildman–Crippen LogP) is 4.65. The largest absolute Gasteiger partial charge is 0.505 e. The standard InChI is InChI=1S/C16H17Cl2N3O/c1-2-4-14-20-16-13(5-3-6-19-16)21(14)9-10-7-11(17)15(22)12(18)8-10/h3,5-8,14,22H,2,4,9H2,1H3,(H,19,20). The lowest BCUT2D eigenvalue weighted by atomic mass is 10.1. The van der Waals surface area contributed by atoms with Crippen LogP contribution >= 0.6 is 23.2 Å². The van der Waals surface area contributed by atoms with Crippen LogP contribution in [-0.4, -0.2) is 16.3 Å². The van der Waals surface area contributed by atoms with Gasteiger partial charge in [0.2, 0.25) is 0 Å². The van der Waals surface area contributed by atoms with Crippen molar-refractivity contribution >= 4 is 34.7 Å². The Morgan fingerprint density at radius 3 is 2.73 bits per heavy atom. The van der Waals surface area contributed by atoms with Gasteiger partial charge in [0.05, 0.1) is 15.7 Å². The predicted molar refractivity (Wildman–Crippen MR) is 90.9 cm³/mol. The van der Waals surface area contributed by atoms with Gasteiger partial charge >= 0.3 is 0 Å². The maximum Gasteiger partial charge on any atom is 0.152 e. The van der Waals surface area contributed by atoms with Crippen molar-refractivity contribution in [3.8, 4) is 5.75 Å². The number of benzene rings is 1. The number of hydrogen-bond donors (Lipinski definition) is 2. The average molecular weight is 338 g/mol. The lowest BCUT2D eigenvalue weighted by molar-refractivity contribution is 0.475. The Bertz CT molecular complexity index is 670. The maximum atomic E-state index is 9.69. The lowest BCUT2D eigenvalue weighted by Crippen LogP contribution is -2.35. The summed E-state index contributed by atoms with van der Waals surface area (Å²) in [5.41, 5.74) is 2.02. The SMILES string of the molecule is CCCC1Nc2ncccc2N1Cc1cc(Cl)c(O)c(Cl)c1. The van der Waals surface area contributed by atoms with Crippen molar-refractivity contribution in [1.82, 2.24) is 4.98 Å². The highest BCUT2D eigenvalue weighted by molar-refractivity contribution is 6.37. The van der Waals surface area contributed by atoms with Gasteiger partial charge in [-0.15, -0.1) is 0 Å². The molecule has 0 spiro atoms. The molecule has 0 amide bonds. The van der Waals surface area contributed by atoms with Gasteiger partial charge in [-0.25, -0.2) is 4.98 Å². The van der Waals surface area contributed by atoms with Crippen LogP contribution in [-0.2, 0) is 6.54 Å². The molecule has 0 saturated heterocycles. The zero-order valence-corrected chi connectivity index (χ0v) is 13.7. The zero-order chi connectivity index (χ0) is 15.7. The summed E-state index contributed by atoms with van der Waals surface area (Å²) in [5, 5.41) is 13.7. The molecule has 2 heterocycles. The molecule has 116 valence electrons. The van der Waals surface area contributed by atoms with Crippen LogP contribution in [0, 0.1) is 0 Å². The normalized spacial score (nSPS) is 16.5. The Morgan fingerprint density at radius 1 is 1.32 bits per heavy atom. The molecule has 0 saturated carbocycles. The Labute approximate surface area is 139 Å². The van der Waals surface area contributed by atoms with Crippen LogP contribution in [0.25, 0.3) is 0 Å². The van der Waals surface area contributed by atoms with Crippen molar-refractivity contribution in [2.75, 3.05) is 10.2 Å². The molecule has 6 heteroatoms. The van der Waals surface area contributed by atoms with Gasteiger partial charge in [-0.3, -0.25) is 0 Å². The number of aromatic hydroxyl groups is 1. The summed E-state index contributed by atoms with van der Waals surface area (Å²) < 4.78 is 0. The van der Waals surface area contributed by atoms with E-state index in [0.29, 0.717) is 6.54 Å². The topological polar surface area (TPSA) is 48.4 Å². The van der Waals surface area contributed by atoms with E-state index in [4.69, 9.17) is 23.2 Å². The van der Waals surface area contributed by atoms with E-state index in [1.54, 1.807) is 18.3 Å². The second-order valence-electron chi connectivity index (χ2n) is 5.36. The van der Waals surface area contributed by atoms with E-state index >= 15 is 0 Å². The number of nitrogens with one attached hydrogen (secondary N) is 1. The fourth-order valence-corrected chi connectivity index (χ4v) is 3.28. The number of fused-ring (bicyclic) bond motifs is 1. The first-order chi connectivity index (χ1) is 10.6. The van der Waals surface area contributed by atoms with E-state index < -0.39 is 0 Å². The van der Waals surface area contributed by atoms with Crippen LogP contribution in [0.5, 0.6) is 5.75 Å². The van der Waals surface area contributed by atoms with Crippen molar-refractivity contribution in [3.63, 3.8) is 0 Å². The van der Waals surface area contributed by atoms with Gasteiger partial charge in [0, 0.05) is 12.7 Å². The van der Waals surface area contributed by atoms with Crippen molar-refractivity contribution in [2.45, 2.75) is 32.5 Å². The summed E-state index contributed by atoms with van der Waals surface area (Å²) in [6.07, 6.45) is 4.06. The molecule has 1 aliphatic rings. The van der Waals surface area contributed by atoms with Crippen molar-refractivity contribution < 1.29 is 5.11 Å². The summed E-state index contributed by atoms with van der Waals surface area (Å²) in [5.74, 6) is 0.829. The number of phenols is 1. The van der Waals surface area contributed by atoms with Gasteiger partial charge in [-0.1, -0.05) is 36.5 Å². The molecule has 22 heavy (non-hydrogen) atoms. The highest BCUT2D eigenvalue weighted by Gasteiger charge is 2.28. The monoisotopic (exact) mass is 337 g/mol. The Hall–Kier alpha value is -1.65. The fourth-order valence-electron chi connectivity index (χ4n) is 2.75. The van der Waals surface area contributed by atoms with Gasteiger partial charge < -0.3 is 15.3 Å². The second-order valence-corrected chi connectivity index (χ2v) is 6.17. The first-order valence-electron chi connectivity index (χ1n) is 7.25. The lowest BCUT2D eigenvalue weighted by Gasteiger charge is -2.26. The number of anilines is 2. The molecule has 1 atom stereocenters. The molecule has 2 N–H and O–H groups in total. The summed E-state index contributed by atoms with van der Waals surface area (Å²) in [7, 11) is 0. The molecule has 1 aliphatic heterocycles. The Balaban J connectivity index is 1.92. The molecule has 1 aromatic heterocycles. The van der Waals surface area contributed by atoms with Crippen LogP contribution < -0.4 is 10.2 Å². The van der Waals surface area contributed by atoms with E-state index in [9.17, 15) is 5.11 Å². The minimum absolute atomic E-state index is 0.0706. The number of rotatable bonds is 4. The van der Waals surface area contributed by atoms with Crippen molar-refractivity contribution in [3.05, 3.63) is 46.1 Å². The third-order valence-electron chi connectivity index (χ3n) is 3.77. The third-order valence-corrected chi connectivity index (χ3v) is 4.34. The molecule has 3 rings (SSSR count). The maximum absolute atomic E-state index is 9.69. The Kier molecular flexibility index (Phi) is 4.32. The number of hydrogen-bond acceptors (Lipinski definition) is 4. The zero-order valence-electron chi connectivity index (χ0n) is 12.2. The van der Waals surface area contributed by atoms with Crippen LogP contribution in [0.1, 0.15) is 25.3 Å². The minimum Gasteiger partial charge on any atom is -0.505 e. The summed E-state index contributed by atoms with van der Waals surface area (Å²) in [6, 6.07) is 7.48. The van der Waals surface area contributed by atoms with E-state index in [-0.39, 0.29) is 22.0 Å². The summed E-state index contributed by atoms with van der Waals surface area (Å²) in [4.78, 5) is 6.64. The van der Waals surface area contributed by atoms with Crippen LogP contribution in [0.2, 0.25) is 10.0 Å². The van der Waals surface area contributed by atoms with E-state index in [0.717, 1.165) is 29.9 Å². The highest BCUT2D eigenvalue weighted by Crippen LogP contribution is 2.37. The van der Waals surface area contributed by atoms with Crippen molar-refractivity contribution in [1.29, 1.82) is 0 Å². The molecule has 0 aliphatic carbocycles. The van der Waals surface area contributed by atoms with Gasteiger partial charge in [-0.2, -0.15) is 0 Å². The molecule has 0 radical (unpaired) electrons. The van der Waals surface area contributed by atoms with E-state index in [1.165, 1.54) is 0 Å². The van der Waals surface area contributed by atoms with E-state index in [2.05, 4.69) is 28.2 Å². The summed E-state index contributed by atoms with van der Waals surface area (Å²) >= 11 is 12.0. The molecule has 0 bridgehead atoms. The van der Waals surface area contributed by atoms with E-state index in [1.807, 2.05) is 6.07 Å². The van der Waals surface area contributed by atoms with Crippen LogP contribution in [0.15, 0.2) is 30.5 Å². The minimum atomic E-state index is -0.0706. The highest BCUT2D eigenvalue weighted by atomic mass is 35.5. The first kappa shape index (κ1) is 15.3. The quantitative estimate of drug-likeness (QED) is 0.852. The van der Waals surface area contributed by atoms with Crippen molar-refractivity contribution in [2.24, 2.45) is 0 Å². The molecule has 1 unspecified atom stereocenters. The number of halogens is 2. The smallest absolute Gasteiger partial charge is 0.152 e. The first-order valence-corrected chi connectivity index (χ1v) is 8.00. The molecular formula is C16H17Cl2N3O. The van der Waals surface area contributed by atoms with Crippen LogP contribution in [0.3, 0.4) is 0 Å². The molecule has 2 aromatic rings. The third kappa shape index (κ3) is 2.81. The van der Waals surface area contributed by atoms with Gasteiger partial charge in [0.1, 0.15) is 6.17 Å². The molecular weight excluding hydrogens is 321 g/mol. The molecule has 4 nitrogen and oxygen atoms in total. The van der Waals surface area contributed by atoms with Crippen LogP contribution in [0.4, 0.5) is 11.5 Å². The number of pyridine rings is 1. The molecule has 1 aromatic carbocycles. The fraction of sp³-hybridized carbons (Fsp3) is 0.312. The summed E-state index contributed by atoms with van der Waals surface area (Å²) in [6.45, 7) is 2.81. The average Bonchev–Trinajstić information content (AvgIpc) is 2.83. The number of nitrogens with zero attached hydrogens (tertiary/aromatic N) is 2. The van der Waals surface area contributed by atoms with Gasteiger partial charge in [0.25, 0.3) is 0 Å². The number of phenolic OH excluding ortho intramolecular Hbond substituents is 1. The molecule has 0 fully saturated rings. The van der Waals surface area contributed by atoms with Gasteiger partial charge in [-0.05, 0) is 36.2 Å². The van der Waals surface area contributed by atoms with Gasteiger partial charge in [0.15, 0.2) is 11.6 Å².